The van der Waals surface area contributed by atoms with Crippen molar-refractivity contribution >= 4 is 21.8 Å². The second kappa shape index (κ2) is 8.89. The van der Waals surface area contributed by atoms with Crippen LogP contribution >= 0.6 is 15.9 Å². The van der Waals surface area contributed by atoms with Crippen LogP contribution in [0, 0.1) is 6.92 Å². The van der Waals surface area contributed by atoms with E-state index in [1.807, 2.05) is 29.0 Å². The highest BCUT2D eigenvalue weighted by atomic mass is 79.9. The summed E-state index contributed by atoms with van der Waals surface area (Å²) in [6.07, 6.45) is 1.91. The van der Waals surface area contributed by atoms with Gasteiger partial charge in [-0.2, -0.15) is 4.99 Å². The molecule has 28 heavy (non-hydrogen) atoms. The van der Waals surface area contributed by atoms with E-state index < -0.39 is 0 Å². The molecule has 6 heteroatoms. The van der Waals surface area contributed by atoms with Crippen LogP contribution < -0.4 is 15.0 Å². The normalized spacial score (nSPS) is 11.4. The molecular weight excluding hydrogens is 420 g/mol. The van der Waals surface area contributed by atoms with Crippen LogP contribution in [0.25, 0.3) is 0 Å². The highest BCUT2D eigenvalue weighted by molar-refractivity contribution is 9.10. The summed E-state index contributed by atoms with van der Waals surface area (Å²) in [5.74, 6) is 0.657. The first-order chi connectivity index (χ1) is 13.5. The Morgan fingerprint density at radius 3 is 2.29 bits per heavy atom. The van der Waals surface area contributed by atoms with Crippen LogP contribution in [0.2, 0.25) is 0 Å². The maximum absolute atomic E-state index is 12.8. The van der Waals surface area contributed by atoms with E-state index in [9.17, 15) is 4.79 Å². The van der Waals surface area contributed by atoms with Crippen molar-refractivity contribution < 1.29 is 14.3 Å². The number of aromatic nitrogens is 1. The molecule has 1 heterocycles. The molecule has 1 aromatic heterocycles. The Hall–Kier alpha value is -2.86. The van der Waals surface area contributed by atoms with E-state index >= 15 is 0 Å². The molecule has 0 saturated carbocycles. The fraction of sp³-hybridized carbons (Fsp3) is 0.182. The van der Waals surface area contributed by atoms with E-state index in [1.54, 1.807) is 12.1 Å². The summed E-state index contributed by atoms with van der Waals surface area (Å²) in [4.78, 5) is 17.1. The molecule has 3 rings (SSSR count). The van der Waals surface area contributed by atoms with Gasteiger partial charge in [-0.15, -0.1) is 0 Å². The highest BCUT2D eigenvalue weighted by Gasteiger charge is 2.14. The van der Waals surface area contributed by atoms with Crippen LogP contribution in [-0.4, -0.2) is 24.7 Å². The molecule has 0 aliphatic heterocycles. The summed E-state index contributed by atoms with van der Waals surface area (Å²) < 4.78 is 13.2. The molecule has 0 aliphatic rings. The third-order valence-electron chi connectivity index (χ3n) is 4.30. The summed E-state index contributed by atoms with van der Waals surface area (Å²) in [5.41, 5.74) is 3.31. The van der Waals surface area contributed by atoms with Crippen molar-refractivity contribution in [2.24, 2.45) is 4.99 Å². The Balaban J connectivity index is 1.98. The van der Waals surface area contributed by atoms with Gasteiger partial charge in [-0.1, -0.05) is 35.9 Å². The molecular formula is C22H21BrN2O3. The molecule has 1 amide bonds. The van der Waals surface area contributed by atoms with Crippen molar-refractivity contribution in [3.8, 4) is 11.5 Å². The molecule has 0 spiro atoms. The van der Waals surface area contributed by atoms with E-state index in [1.165, 1.54) is 19.8 Å². The van der Waals surface area contributed by atoms with Crippen molar-refractivity contribution in [2.45, 2.75) is 13.5 Å². The fourth-order valence-electron chi connectivity index (χ4n) is 2.75. The quantitative estimate of drug-likeness (QED) is 0.591. The van der Waals surface area contributed by atoms with E-state index in [4.69, 9.17) is 9.47 Å². The number of carbonyl (C=O) groups excluding carboxylic acids is 1. The molecule has 2 aromatic carbocycles. The number of carbonyl (C=O) groups is 1. The van der Waals surface area contributed by atoms with Gasteiger partial charge in [0.15, 0.2) is 0 Å². The summed E-state index contributed by atoms with van der Waals surface area (Å²) in [6, 6.07) is 17.2. The molecule has 144 valence electrons. The number of pyridine rings is 1. The Morgan fingerprint density at radius 2 is 1.68 bits per heavy atom. The zero-order valence-corrected chi connectivity index (χ0v) is 17.6. The second-order valence-electron chi connectivity index (χ2n) is 6.28. The minimum atomic E-state index is -0.368. The van der Waals surface area contributed by atoms with Gasteiger partial charge < -0.3 is 14.0 Å². The lowest BCUT2D eigenvalue weighted by Crippen LogP contribution is -2.22. The van der Waals surface area contributed by atoms with Crippen LogP contribution in [0.15, 0.2) is 70.3 Å². The number of amides is 1. The minimum Gasteiger partial charge on any atom is -0.495 e. The predicted molar refractivity (Wildman–Crippen MR) is 112 cm³/mol. The van der Waals surface area contributed by atoms with E-state index in [0.717, 1.165) is 5.56 Å². The molecule has 0 fully saturated rings. The SMILES string of the molecule is COc1cc(C(=O)N=c2ccccn2Cc2ccc(C)cc2)cc(OC)c1Br. The lowest BCUT2D eigenvalue weighted by Gasteiger charge is -2.10. The van der Waals surface area contributed by atoms with Gasteiger partial charge in [0.05, 0.1) is 14.2 Å². The Labute approximate surface area is 172 Å². The van der Waals surface area contributed by atoms with E-state index in [2.05, 4.69) is 52.1 Å². The standard InChI is InChI=1S/C22H21BrN2O3/c1-15-7-9-16(10-8-15)14-25-11-5-4-6-20(25)24-22(26)17-12-18(27-2)21(23)19(13-17)28-3/h4-13H,14H2,1-3H3. The molecule has 0 atom stereocenters. The maximum atomic E-state index is 12.8. The van der Waals surface area contributed by atoms with Crippen molar-refractivity contribution in [1.29, 1.82) is 0 Å². The van der Waals surface area contributed by atoms with Crippen LogP contribution in [0.5, 0.6) is 11.5 Å². The van der Waals surface area contributed by atoms with Crippen LogP contribution in [0.3, 0.4) is 0 Å². The van der Waals surface area contributed by atoms with Crippen LogP contribution in [-0.2, 0) is 6.54 Å². The third-order valence-corrected chi connectivity index (χ3v) is 5.08. The molecule has 5 nitrogen and oxygen atoms in total. The van der Waals surface area contributed by atoms with Gasteiger partial charge in [-0.25, -0.2) is 0 Å². The Kier molecular flexibility index (Phi) is 6.31. The average Bonchev–Trinajstić information content (AvgIpc) is 2.71. The molecule has 0 saturated heterocycles. The van der Waals surface area contributed by atoms with Crippen molar-refractivity contribution in [1.82, 2.24) is 4.57 Å². The third kappa shape index (κ3) is 4.51. The van der Waals surface area contributed by atoms with Gasteiger partial charge in [0, 0.05) is 18.3 Å². The van der Waals surface area contributed by atoms with Crippen molar-refractivity contribution in [3.63, 3.8) is 0 Å². The number of hydrogen-bond acceptors (Lipinski definition) is 3. The molecule has 0 radical (unpaired) electrons. The lowest BCUT2D eigenvalue weighted by atomic mass is 10.1. The van der Waals surface area contributed by atoms with Crippen LogP contribution in [0.1, 0.15) is 21.5 Å². The lowest BCUT2D eigenvalue weighted by molar-refractivity contribution is 0.0996. The first-order valence-corrected chi connectivity index (χ1v) is 9.52. The number of methoxy groups -OCH3 is 2. The first-order valence-electron chi connectivity index (χ1n) is 8.73. The van der Waals surface area contributed by atoms with Gasteiger partial charge in [0.1, 0.15) is 21.5 Å². The first kappa shape index (κ1) is 19.9. The summed E-state index contributed by atoms with van der Waals surface area (Å²) in [5, 5.41) is 0. The number of halogens is 1. The molecule has 0 unspecified atom stereocenters. The zero-order valence-electron chi connectivity index (χ0n) is 16.0. The van der Waals surface area contributed by atoms with Gasteiger partial charge in [0.2, 0.25) is 0 Å². The number of ether oxygens (including phenoxy) is 2. The molecule has 0 aliphatic carbocycles. The second-order valence-corrected chi connectivity index (χ2v) is 7.08. The largest absolute Gasteiger partial charge is 0.495 e. The topological polar surface area (TPSA) is 52.8 Å². The number of nitrogens with zero attached hydrogens (tertiary/aromatic N) is 2. The van der Waals surface area contributed by atoms with E-state index in [-0.39, 0.29) is 5.91 Å². The maximum Gasteiger partial charge on any atom is 0.279 e. The Bertz CT molecular complexity index is 1030. The summed E-state index contributed by atoms with van der Waals surface area (Å²) in [6.45, 7) is 2.68. The zero-order chi connectivity index (χ0) is 20.1. The monoisotopic (exact) mass is 440 g/mol. The minimum absolute atomic E-state index is 0.368. The molecule has 0 N–H and O–H groups in total. The highest BCUT2D eigenvalue weighted by Crippen LogP contribution is 2.35. The van der Waals surface area contributed by atoms with Crippen LogP contribution in [0.4, 0.5) is 0 Å². The van der Waals surface area contributed by atoms with Gasteiger partial charge in [-0.05, 0) is 52.7 Å². The van der Waals surface area contributed by atoms with Gasteiger partial charge >= 0.3 is 0 Å². The number of benzene rings is 2. The average molecular weight is 441 g/mol. The summed E-state index contributed by atoms with van der Waals surface area (Å²) in [7, 11) is 3.08. The van der Waals surface area contributed by atoms with Gasteiger partial charge in [0.25, 0.3) is 5.91 Å². The van der Waals surface area contributed by atoms with Crippen molar-refractivity contribution in [3.05, 3.63) is 87.4 Å². The van der Waals surface area contributed by atoms with Crippen molar-refractivity contribution in [2.75, 3.05) is 14.2 Å². The molecule has 0 bridgehead atoms. The van der Waals surface area contributed by atoms with Gasteiger partial charge in [-0.3, -0.25) is 4.79 Å². The Morgan fingerprint density at radius 1 is 1.04 bits per heavy atom. The smallest absolute Gasteiger partial charge is 0.279 e. The number of hydrogen-bond donors (Lipinski definition) is 0. The predicted octanol–water partition coefficient (Wildman–Crippen LogP) is 4.37. The number of aryl methyl sites for hydroxylation is 1. The number of rotatable bonds is 5. The van der Waals surface area contributed by atoms with E-state index in [0.29, 0.717) is 33.6 Å². The molecule has 3 aromatic rings. The summed E-state index contributed by atoms with van der Waals surface area (Å²) >= 11 is 3.41. The fourth-order valence-corrected chi connectivity index (χ4v) is 3.31.